The van der Waals surface area contributed by atoms with Crippen LogP contribution in [0.5, 0.6) is 0 Å². The van der Waals surface area contributed by atoms with E-state index in [0.29, 0.717) is 19.6 Å². The van der Waals surface area contributed by atoms with Crippen LogP contribution in [-0.4, -0.2) is 70.0 Å². The molecule has 0 aromatic carbocycles. The van der Waals surface area contributed by atoms with Crippen LogP contribution in [0.1, 0.15) is 25.7 Å². The maximum Gasteiger partial charge on any atom is 0.279 e. The summed E-state index contributed by atoms with van der Waals surface area (Å²) in [6, 6.07) is 0. The Morgan fingerprint density at radius 2 is 1.48 bits per heavy atom. The first-order valence-corrected chi connectivity index (χ1v) is 8.80. The van der Waals surface area contributed by atoms with E-state index in [1.165, 1.54) is 0 Å². The molecule has 0 radical (unpaired) electrons. The van der Waals surface area contributed by atoms with Crippen molar-refractivity contribution in [3.63, 3.8) is 0 Å². The van der Waals surface area contributed by atoms with E-state index < -0.39 is 10.2 Å². The Balaban J connectivity index is 0.00000200. The number of nitrogens with one attached hydrogen (secondary N) is 2. The largest absolute Gasteiger partial charge is 0.314 e. The first-order valence-electron chi connectivity index (χ1n) is 7.36. The number of rotatable bonds is 5. The lowest BCUT2D eigenvalue weighted by atomic mass is 10.2. The van der Waals surface area contributed by atoms with Crippen molar-refractivity contribution in [3.8, 4) is 0 Å². The quantitative estimate of drug-likeness (QED) is 0.744. The summed E-state index contributed by atoms with van der Waals surface area (Å²) in [6.07, 6.45) is 4.26. The average Bonchev–Trinajstić information content (AvgIpc) is 2.69. The zero-order valence-corrected chi connectivity index (χ0v) is 14.9. The van der Waals surface area contributed by atoms with Crippen molar-refractivity contribution < 1.29 is 8.42 Å². The van der Waals surface area contributed by atoms with E-state index >= 15 is 0 Å². The molecule has 2 saturated heterocycles. The predicted octanol–water partition coefficient (Wildman–Crippen LogP) is 0.446. The molecule has 0 amide bonds. The standard InChI is InChI=1S/C12H26N4O2S.2ClH/c17-19(18,16-8-3-1-2-4-9-16)14-7-12-15-10-5-13-6-11-15;;/h13-14H,1-12H2;2*1H. The van der Waals surface area contributed by atoms with Crippen LogP contribution in [-0.2, 0) is 10.2 Å². The summed E-state index contributed by atoms with van der Waals surface area (Å²) in [7, 11) is -3.27. The monoisotopic (exact) mass is 362 g/mol. The van der Waals surface area contributed by atoms with Crippen molar-refractivity contribution in [3.05, 3.63) is 0 Å². The minimum Gasteiger partial charge on any atom is -0.314 e. The summed E-state index contributed by atoms with van der Waals surface area (Å²) in [5, 5.41) is 3.29. The van der Waals surface area contributed by atoms with Gasteiger partial charge in [0.05, 0.1) is 0 Å². The Morgan fingerprint density at radius 1 is 0.905 bits per heavy atom. The molecule has 2 rings (SSSR count). The third-order valence-electron chi connectivity index (χ3n) is 3.83. The van der Waals surface area contributed by atoms with Crippen molar-refractivity contribution in [2.75, 3.05) is 52.4 Å². The summed E-state index contributed by atoms with van der Waals surface area (Å²) in [4.78, 5) is 2.29. The first-order chi connectivity index (χ1) is 9.18. The summed E-state index contributed by atoms with van der Waals surface area (Å²) >= 11 is 0. The van der Waals surface area contributed by atoms with Gasteiger partial charge in [-0.3, -0.25) is 4.90 Å². The Labute approximate surface area is 141 Å². The van der Waals surface area contributed by atoms with Gasteiger partial charge in [0.1, 0.15) is 0 Å². The number of nitrogens with zero attached hydrogens (tertiary/aromatic N) is 2. The number of hydrogen-bond donors (Lipinski definition) is 2. The maximum absolute atomic E-state index is 12.2. The molecule has 21 heavy (non-hydrogen) atoms. The molecule has 0 unspecified atom stereocenters. The van der Waals surface area contributed by atoms with Gasteiger partial charge in [0.15, 0.2) is 0 Å². The highest BCUT2D eigenvalue weighted by Crippen LogP contribution is 2.12. The van der Waals surface area contributed by atoms with Crippen LogP contribution < -0.4 is 10.0 Å². The zero-order chi connectivity index (χ0) is 13.6. The second-order valence-electron chi connectivity index (χ2n) is 5.30. The summed E-state index contributed by atoms with van der Waals surface area (Å²) in [5.41, 5.74) is 0. The molecule has 0 saturated carbocycles. The van der Waals surface area contributed by atoms with Gasteiger partial charge in [0.2, 0.25) is 0 Å². The fourth-order valence-corrected chi connectivity index (χ4v) is 3.91. The van der Waals surface area contributed by atoms with Crippen LogP contribution in [0.15, 0.2) is 0 Å². The molecular formula is C12H28Cl2N4O2S. The molecular weight excluding hydrogens is 335 g/mol. The topological polar surface area (TPSA) is 64.7 Å². The van der Waals surface area contributed by atoms with E-state index in [1.54, 1.807) is 4.31 Å². The van der Waals surface area contributed by atoms with Crippen LogP contribution in [0.2, 0.25) is 0 Å². The third-order valence-corrected chi connectivity index (χ3v) is 5.44. The highest BCUT2D eigenvalue weighted by atomic mass is 35.5. The van der Waals surface area contributed by atoms with Gasteiger partial charge in [-0.25, -0.2) is 4.72 Å². The number of hydrogen-bond acceptors (Lipinski definition) is 4. The molecule has 0 aromatic heterocycles. The van der Waals surface area contributed by atoms with Gasteiger partial charge >= 0.3 is 0 Å². The van der Waals surface area contributed by atoms with E-state index in [0.717, 1.165) is 58.4 Å². The van der Waals surface area contributed by atoms with Crippen molar-refractivity contribution in [2.24, 2.45) is 0 Å². The molecule has 0 aromatic rings. The van der Waals surface area contributed by atoms with Crippen LogP contribution >= 0.6 is 24.8 Å². The summed E-state index contributed by atoms with van der Waals surface area (Å²) in [5.74, 6) is 0. The van der Waals surface area contributed by atoms with E-state index in [9.17, 15) is 8.42 Å². The average molecular weight is 363 g/mol. The molecule has 0 aliphatic carbocycles. The van der Waals surface area contributed by atoms with Crippen molar-refractivity contribution in [2.45, 2.75) is 25.7 Å². The van der Waals surface area contributed by atoms with Crippen LogP contribution in [0.4, 0.5) is 0 Å². The Morgan fingerprint density at radius 3 is 2.05 bits per heavy atom. The first kappa shape index (κ1) is 21.4. The van der Waals surface area contributed by atoms with Crippen LogP contribution in [0.25, 0.3) is 0 Å². The summed E-state index contributed by atoms with van der Waals surface area (Å²) < 4.78 is 28.7. The molecule has 2 heterocycles. The van der Waals surface area contributed by atoms with E-state index in [4.69, 9.17) is 0 Å². The minimum atomic E-state index is -3.27. The van der Waals surface area contributed by atoms with Crippen LogP contribution in [0.3, 0.4) is 0 Å². The Hall–Kier alpha value is 0.370. The molecule has 2 aliphatic rings. The molecule has 0 atom stereocenters. The fourth-order valence-electron chi connectivity index (χ4n) is 2.64. The van der Waals surface area contributed by atoms with Gasteiger partial charge in [0.25, 0.3) is 10.2 Å². The number of piperazine rings is 1. The maximum atomic E-state index is 12.2. The smallest absolute Gasteiger partial charge is 0.279 e. The molecule has 2 fully saturated rings. The summed E-state index contributed by atoms with van der Waals surface area (Å²) in [6.45, 7) is 6.66. The van der Waals surface area contributed by atoms with Gasteiger partial charge in [0, 0.05) is 52.4 Å². The minimum absolute atomic E-state index is 0. The molecule has 2 N–H and O–H groups in total. The van der Waals surface area contributed by atoms with Crippen molar-refractivity contribution in [1.82, 2.24) is 19.2 Å². The molecule has 2 aliphatic heterocycles. The van der Waals surface area contributed by atoms with Crippen LogP contribution in [0, 0.1) is 0 Å². The van der Waals surface area contributed by atoms with E-state index in [-0.39, 0.29) is 24.8 Å². The molecule has 0 bridgehead atoms. The normalized spacial score (nSPS) is 21.9. The van der Waals surface area contributed by atoms with E-state index in [2.05, 4.69) is 14.9 Å². The second kappa shape index (κ2) is 11.0. The third kappa shape index (κ3) is 7.45. The van der Waals surface area contributed by atoms with Gasteiger partial charge in [-0.1, -0.05) is 12.8 Å². The van der Waals surface area contributed by atoms with Gasteiger partial charge in [-0.15, -0.1) is 24.8 Å². The SMILES string of the molecule is Cl.Cl.O=S(=O)(NCCN1CCNCC1)N1CCCCCC1. The lowest BCUT2D eigenvalue weighted by Crippen LogP contribution is -2.48. The molecule has 128 valence electrons. The highest BCUT2D eigenvalue weighted by Gasteiger charge is 2.22. The molecule has 0 spiro atoms. The fraction of sp³-hybridized carbons (Fsp3) is 1.00. The molecule has 9 heteroatoms. The second-order valence-corrected chi connectivity index (χ2v) is 7.06. The van der Waals surface area contributed by atoms with Crippen molar-refractivity contribution in [1.29, 1.82) is 0 Å². The Kier molecular flexibility index (Phi) is 11.2. The Bertz CT molecular complexity index is 356. The van der Waals surface area contributed by atoms with Gasteiger partial charge in [-0.2, -0.15) is 12.7 Å². The lowest BCUT2D eigenvalue weighted by Gasteiger charge is -2.27. The van der Waals surface area contributed by atoms with Crippen molar-refractivity contribution >= 4 is 35.0 Å². The lowest BCUT2D eigenvalue weighted by molar-refractivity contribution is 0.244. The van der Waals surface area contributed by atoms with Gasteiger partial charge < -0.3 is 5.32 Å². The van der Waals surface area contributed by atoms with E-state index in [1.807, 2.05) is 0 Å². The van der Waals surface area contributed by atoms with Gasteiger partial charge in [-0.05, 0) is 12.8 Å². The predicted molar refractivity (Wildman–Crippen MR) is 90.8 cm³/mol. The molecule has 6 nitrogen and oxygen atoms in total. The highest BCUT2D eigenvalue weighted by molar-refractivity contribution is 7.87. The zero-order valence-electron chi connectivity index (χ0n) is 12.4. The number of halogens is 2.